The largest absolute Gasteiger partial charge is 0.434 e. The normalized spacial score (nSPS) is 46.5. The van der Waals surface area contributed by atoms with Gasteiger partial charge >= 0.3 is 5.97 Å². The number of allylic oxidation sites excluding steroid dienone is 1. The average molecular weight is 248 g/mol. The fourth-order valence-corrected chi connectivity index (χ4v) is 4.21. The van der Waals surface area contributed by atoms with Gasteiger partial charge in [-0.15, -0.1) is 0 Å². The number of esters is 1. The molecule has 3 nitrogen and oxygen atoms in total. The van der Waals surface area contributed by atoms with Gasteiger partial charge in [-0.25, -0.2) is 0 Å². The van der Waals surface area contributed by atoms with Crippen molar-refractivity contribution in [3.8, 4) is 0 Å². The Kier molecular flexibility index (Phi) is 2.46. The minimum Gasteiger partial charge on any atom is -0.434 e. The van der Waals surface area contributed by atoms with Crippen LogP contribution in [0, 0.1) is 29.1 Å². The zero-order valence-corrected chi connectivity index (χ0v) is 11.0. The molecule has 3 heteroatoms. The van der Waals surface area contributed by atoms with Crippen LogP contribution in [-0.2, 0) is 9.53 Å². The van der Waals surface area contributed by atoms with E-state index in [-0.39, 0.29) is 29.8 Å². The fraction of sp³-hybridized carbons (Fsp3) is 0.667. The van der Waals surface area contributed by atoms with Crippen LogP contribution in [-0.4, -0.2) is 17.7 Å². The summed E-state index contributed by atoms with van der Waals surface area (Å²) in [5.41, 5.74) is 2.11. The van der Waals surface area contributed by atoms with Crippen LogP contribution >= 0.6 is 0 Å². The van der Waals surface area contributed by atoms with E-state index in [1.54, 1.807) is 6.26 Å². The second-order valence-electron chi connectivity index (χ2n) is 6.30. The Morgan fingerprint density at radius 1 is 1.61 bits per heavy atom. The maximum atomic E-state index is 12.0. The summed E-state index contributed by atoms with van der Waals surface area (Å²) >= 11 is 0. The molecule has 2 aliphatic carbocycles. The van der Waals surface area contributed by atoms with Crippen LogP contribution in [0.3, 0.4) is 0 Å². The third-order valence-corrected chi connectivity index (χ3v) is 5.38. The number of cyclic esters (lactones) is 1. The molecule has 0 aromatic rings. The number of aliphatic hydroxyl groups excluding tert-OH is 1. The van der Waals surface area contributed by atoms with E-state index in [0.29, 0.717) is 11.8 Å². The first-order valence-electron chi connectivity index (χ1n) is 6.66. The van der Waals surface area contributed by atoms with Gasteiger partial charge < -0.3 is 9.84 Å². The highest BCUT2D eigenvalue weighted by Gasteiger charge is 2.66. The van der Waals surface area contributed by atoms with Gasteiger partial charge in [-0.1, -0.05) is 19.1 Å². The third-order valence-electron chi connectivity index (χ3n) is 5.38. The summed E-state index contributed by atoms with van der Waals surface area (Å²) in [6, 6.07) is 0. The molecule has 0 radical (unpaired) electrons. The van der Waals surface area contributed by atoms with Crippen LogP contribution in [0.4, 0.5) is 0 Å². The number of hydrogen-bond donors (Lipinski definition) is 1. The summed E-state index contributed by atoms with van der Waals surface area (Å²) in [6.07, 6.45) is 3.50. The monoisotopic (exact) mass is 248 g/mol. The minimum absolute atomic E-state index is 0.0175. The molecule has 3 aliphatic rings. The molecule has 0 aromatic carbocycles. The second kappa shape index (κ2) is 3.70. The lowest BCUT2D eigenvalue weighted by atomic mass is 9.76. The number of hydrogen-bond acceptors (Lipinski definition) is 3. The highest BCUT2D eigenvalue weighted by atomic mass is 16.5. The van der Waals surface area contributed by atoms with Crippen molar-refractivity contribution in [1.82, 2.24) is 0 Å². The molecule has 0 bridgehead atoms. The molecule has 2 fully saturated rings. The topological polar surface area (TPSA) is 46.5 Å². The van der Waals surface area contributed by atoms with Crippen LogP contribution in [0.15, 0.2) is 24.0 Å². The van der Waals surface area contributed by atoms with Crippen LogP contribution in [0.1, 0.15) is 26.7 Å². The lowest BCUT2D eigenvalue weighted by molar-refractivity contribution is -0.144. The van der Waals surface area contributed by atoms with Crippen LogP contribution in [0.5, 0.6) is 0 Å². The van der Waals surface area contributed by atoms with E-state index in [1.807, 2.05) is 6.92 Å². The first-order chi connectivity index (χ1) is 8.50. The lowest BCUT2D eigenvalue weighted by Gasteiger charge is -2.31. The summed E-state index contributed by atoms with van der Waals surface area (Å²) in [7, 11) is 0. The van der Waals surface area contributed by atoms with Crippen LogP contribution in [0.25, 0.3) is 0 Å². The molecule has 0 saturated heterocycles. The van der Waals surface area contributed by atoms with Crippen molar-refractivity contribution in [3.05, 3.63) is 24.0 Å². The van der Waals surface area contributed by atoms with Crippen molar-refractivity contribution in [1.29, 1.82) is 0 Å². The molecule has 1 N–H and O–H groups in total. The van der Waals surface area contributed by atoms with Crippen molar-refractivity contribution < 1.29 is 14.6 Å². The van der Waals surface area contributed by atoms with E-state index in [1.165, 1.54) is 0 Å². The molecule has 0 aromatic heterocycles. The van der Waals surface area contributed by atoms with Gasteiger partial charge in [0.25, 0.3) is 0 Å². The third kappa shape index (κ3) is 1.37. The van der Waals surface area contributed by atoms with E-state index >= 15 is 0 Å². The number of aliphatic hydroxyl groups is 1. The molecular formula is C15H20O3. The molecule has 0 unspecified atom stereocenters. The molecule has 0 amide bonds. The fourth-order valence-electron chi connectivity index (χ4n) is 4.21. The molecular weight excluding hydrogens is 228 g/mol. The number of carbonyl (C=O) groups is 1. The first-order valence-corrected chi connectivity index (χ1v) is 6.66. The van der Waals surface area contributed by atoms with Crippen LogP contribution in [0.2, 0.25) is 0 Å². The molecule has 98 valence electrons. The Morgan fingerprint density at radius 3 is 3.00 bits per heavy atom. The Labute approximate surface area is 108 Å². The van der Waals surface area contributed by atoms with Crippen molar-refractivity contribution >= 4 is 5.97 Å². The number of fused-ring (bicyclic) bond motifs is 3. The summed E-state index contributed by atoms with van der Waals surface area (Å²) in [4.78, 5) is 12.0. The van der Waals surface area contributed by atoms with Gasteiger partial charge in [-0.2, -0.15) is 0 Å². The van der Waals surface area contributed by atoms with Crippen molar-refractivity contribution in [2.45, 2.75) is 26.7 Å². The lowest BCUT2D eigenvalue weighted by Crippen LogP contribution is -2.33. The maximum absolute atomic E-state index is 12.0. The van der Waals surface area contributed by atoms with E-state index in [9.17, 15) is 9.90 Å². The van der Waals surface area contributed by atoms with Gasteiger partial charge in [0.15, 0.2) is 0 Å². The number of ether oxygens (including phenoxy) is 1. The van der Waals surface area contributed by atoms with Gasteiger partial charge in [-0.05, 0) is 42.6 Å². The second-order valence-corrected chi connectivity index (χ2v) is 6.30. The standard InChI is InChI=1S/C15H20O3/c1-8-4-5-10-13(15(10,3)7-16)11-9(2)6-18-14(17)12(8)11/h6,10-13,16H,1,4-5,7H2,2-3H3/t10-,11-,12-,13-,15+/m0/s1. The highest BCUT2D eigenvalue weighted by molar-refractivity contribution is 5.78. The maximum Gasteiger partial charge on any atom is 0.318 e. The summed E-state index contributed by atoms with van der Waals surface area (Å²) < 4.78 is 5.13. The van der Waals surface area contributed by atoms with Gasteiger partial charge in [-0.3, -0.25) is 4.79 Å². The molecule has 0 spiro atoms. The number of rotatable bonds is 1. The van der Waals surface area contributed by atoms with Gasteiger partial charge in [0.05, 0.1) is 12.2 Å². The Bertz CT molecular complexity index is 451. The van der Waals surface area contributed by atoms with Crippen LogP contribution < -0.4 is 0 Å². The van der Waals surface area contributed by atoms with Gasteiger partial charge in [0.1, 0.15) is 0 Å². The average Bonchev–Trinajstić information content (AvgIpc) is 2.98. The molecule has 18 heavy (non-hydrogen) atoms. The zero-order valence-electron chi connectivity index (χ0n) is 11.0. The predicted octanol–water partition coefficient (Wildman–Crippen LogP) is 2.27. The quantitative estimate of drug-likeness (QED) is 0.572. The SMILES string of the molecule is C=C1CC[C@H]2[C@@H]([C@H]3C(C)=COC(=O)[C@@H]13)[C@]2(C)CO. The summed E-state index contributed by atoms with van der Waals surface area (Å²) in [5, 5.41) is 9.64. The molecule has 2 saturated carbocycles. The van der Waals surface area contributed by atoms with E-state index < -0.39 is 0 Å². The van der Waals surface area contributed by atoms with Gasteiger partial charge in [0, 0.05) is 12.5 Å². The molecule has 1 aliphatic heterocycles. The van der Waals surface area contributed by atoms with Gasteiger partial charge in [0.2, 0.25) is 0 Å². The Morgan fingerprint density at radius 2 is 2.33 bits per heavy atom. The minimum atomic E-state index is -0.196. The molecule has 5 atom stereocenters. The molecule has 1 heterocycles. The number of carbonyl (C=O) groups excluding carboxylic acids is 1. The Hall–Kier alpha value is -1.09. The van der Waals surface area contributed by atoms with Crippen molar-refractivity contribution in [2.24, 2.45) is 29.1 Å². The van der Waals surface area contributed by atoms with E-state index in [2.05, 4.69) is 13.5 Å². The van der Waals surface area contributed by atoms with Crippen molar-refractivity contribution in [3.63, 3.8) is 0 Å². The van der Waals surface area contributed by atoms with E-state index in [0.717, 1.165) is 24.0 Å². The summed E-state index contributed by atoms with van der Waals surface area (Å²) in [5.74, 6) is 0.740. The highest BCUT2D eigenvalue weighted by Crippen LogP contribution is 2.68. The summed E-state index contributed by atoms with van der Waals surface area (Å²) in [6.45, 7) is 8.45. The van der Waals surface area contributed by atoms with Crippen molar-refractivity contribution in [2.75, 3.05) is 6.61 Å². The smallest absolute Gasteiger partial charge is 0.318 e. The zero-order chi connectivity index (χ0) is 13.1. The van der Waals surface area contributed by atoms with E-state index in [4.69, 9.17) is 4.74 Å². The molecule has 3 rings (SSSR count). The predicted molar refractivity (Wildman–Crippen MR) is 67.4 cm³/mol. The first kappa shape index (κ1) is 12.0. The Balaban J connectivity index is 2.02.